The van der Waals surface area contributed by atoms with Crippen molar-refractivity contribution in [3.8, 4) is 11.5 Å². The second-order valence-electron chi connectivity index (χ2n) is 9.38. The average Bonchev–Trinajstić information content (AvgIpc) is 3.56. The summed E-state index contributed by atoms with van der Waals surface area (Å²) in [4.78, 5) is 52.3. The Bertz CT molecular complexity index is 1380. The predicted octanol–water partition coefficient (Wildman–Crippen LogP) is 3.86. The molecule has 3 heterocycles. The molecule has 1 aliphatic carbocycles. The Morgan fingerprint density at radius 3 is 2.59 bits per heavy atom. The second-order valence-corrected chi connectivity index (χ2v) is 10.9. The number of halogens is 1. The maximum atomic E-state index is 13.4. The maximum Gasteiger partial charge on any atom is 0.327 e. The normalized spacial score (nSPS) is 22.4. The first-order chi connectivity index (χ1) is 17.8. The first-order valence-corrected chi connectivity index (χ1v) is 13.4. The molecule has 2 aliphatic rings. The minimum Gasteiger partial charge on any atom is -0.496 e. The molecule has 0 amide bonds. The number of carbonyl (C=O) groups excluding carboxylic acids is 2. The van der Waals surface area contributed by atoms with Crippen molar-refractivity contribution in [1.29, 1.82) is 0 Å². The number of carbonyl (C=O) groups is 2. The molecular weight excluding hydrogens is 520 g/mol. The van der Waals surface area contributed by atoms with Gasteiger partial charge in [-0.2, -0.15) is 0 Å². The van der Waals surface area contributed by atoms with Gasteiger partial charge in [0.2, 0.25) is 0 Å². The van der Waals surface area contributed by atoms with Gasteiger partial charge in [-0.25, -0.2) is 9.97 Å². The van der Waals surface area contributed by atoms with Crippen molar-refractivity contribution in [2.45, 2.75) is 61.0 Å². The number of hydrogen-bond acceptors (Lipinski definition) is 9. The van der Waals surface area contributed by atoms with E-state index in [2.05, 4.69) is 19.9 Å². The van der Waals surface area contributed by atoms with Gasteiger partial charge in [0.05, 0.1) is 25.6 Å². The van der Waals surface area contributed by atoms with Crippen LogP contribution in [0.15, 0.2) is 28.4 Å². The Morgan fingerprint density at radius 1 is 1.16 bits per heavy atom. The molecule has 1 saturated carbocycles. The maximum absolute atomic E-state index is 13.4. The van der Waals surface area contributed by atoms with Crippen molar-refractivity contribution in [2.75, 3.05) is 14.2 Å². The fraction of sp³-hybridized carbons (Fsp3) is 0.480. The number of aromatic nitrogens is 4. The van der Waals surface area contributed by atoms with Crippen LogP contribution in [-0.2, 0) is 20.7 Å². The first kappa shape index (κ1) is 25.6. The van der Waals surface area contributed by atoms with Crippen molar-refractivity contribution >= 4 is 46.3 Å². The van der Waals surface area contributed by atoms with Gasteiger partial charge < -0.3 is 24.2 Å². The number of ether oxygens (including phenoxy) is 3. The van der Waals surface area contributed by atoms with Crippen molar-refractivity contribution in [3.63, 3.8) is 0 Å². The zero-order valence-corrected chi connectivity index (χ0v) is 22.0. The minimum atomic E-state index is -1.07. The molecule has 0 spiro atoms. The Balaban J connectivity index is 1.38. The van der Waals surface area contributed by atoms with E-state index in [9.17, 15) is 14.4 Å². The average molecular weight is 547 g/mol. The number of H-pyrrole nitrogens is 2. The Labute approximate surface area is 221 Å². The Kier molecular flexibility index (Phi) is 7.17. The number of thioether (sulfide) groups is 1. The number of Topliss-reactive ketones (excluding diaryl/α,β-unsaturated/α-hetero) is 1. The monoisotopic (exact) mass is 546 g/mol. The molecule has 1 aromatic carbocycles. The summed E-state index contributed by atoms with van der Waals surface area (Å²) in [6.45, 7) is 0. The number of nitrogens with one attached hydrogen (secondary N) is 2. The third kappa shape index (κ3) is 4.94. The highest BCUT2D eigenvalue weighted by molar-refractivity contribution is 8.01. The topological polar surface area (TPSA) is 136 Å². The summed E-state index contributed by atoms with van der Waals surface area (Å²) >= 11 is 7.32. The summed E-state index contributed by atoms with van der Waals surface area (Å²) in [5.41, 5.74) is -0.0164. The standard InChI is InChI=1S/C25H27ClN4O6S/c1-34-17-10-18(35-2)15(26)9-13(17)7-8-25(14-5-3-4-6-14)11-16(31)20(23(33)36-25)37-24-29-19-21(30-24)27-12-28-22(19)32/h9-10,12,14,20H,3-8,11H2,1-2H3,(H2,27,28,29,30,32). The number of rotatable bonds is 8. The van der Waals surface area contributed by atoms with Crippen LogP contribution in [0.5, 0.6) is 11.5 Å². The molecule has 2 unspecified atom stereocenters. The fourth-order valence-corrected chi connectivity index (χ4v) is 6.54. The molecule has 1 saturated heterocycles. The lowest BCUT2D eigenvalue weighted by Crippen LogP contribution is -2.53. The van der Waals surface area contributed by atoms with E-state index in [1.165, 1.54) is 13.4 Å². The number of aromatic amines is 2. The molecule has 2 atom stereocenters. The van der Waals surface area contributed by atoms with E-state index in [1.54, 1.807) is 19.2 Å². The van der Waals surface area contributed by atoms with Gasteiger partial charge in [0.1, 0.15) is 17.1 Å². The molecule has 10 nitrogen and oxygen atoms in total. The predicted molar refractivity (Wildman–Crippen MR) is 137 cm³/mol. The summed E-state index contributed by atoms with van der Waals surface area (Å²) < 4.78 is 17.0. The minimum absolute atomic E-state index is 0.0972. The number of hydrogen-bond donors (Lipinski definition) is 2. The van der Waals surface area contributed by atoms with Crippen LogP contribution in [0.4, 0.5) is 0 Å². The van der Waals surface area contributed by atoms with E-state index in [4.69, 9.17) is 25.8 Å². The number of fused-ring (bicyclic) bond motifs is 1. The molecule has 2 fully saturated rings. The van der Waals surface area contributed by atoms with Gasteiger partial charge in [0.25, 0.3) is 5.56 Å². The highest BCUT2D eigenvalue weighted by Gasteiger charge is 2.52. The molecule has 2 aromatic heterocycles. The van der Waals surface area contributed by atoms with Crippen LogP contribution in [0, 0.1) is 5.92 Å². The number of aryl methyl sites for hydroxylation is 1. The van der Waals surface area contributed by atoms with Crippen LogP contribution >= 0.6 is 23.4 Å². The highest BCUT2D eigenvalue weighted by Crippen LogP contribution is 2.46. The molecule has 0 bridgehead atoms. The summed E-state index contributed by atoms with van der Waals surface area (Å²) in [6, 6.07) is 3.53. The number of nitrogens with zero attached hydrogens (tertiary/aromatic N) is 2. The summed E-state index contributed by atoms with van der Waals surface area (Å²) in [6.07, 6.45) is 6.22. The van der Waals surface area contributed by atoms with E-state index >= 15 is 0 Å². The molecular formula is C25H27ClN4O6S. The summed E-state index contributed by atoms with van der Waals surface area (Å²) in [5.74, 6) is 0.429. The number of cyclic esters (lactones) is 1. The first-order valence-electron chi connectivity index (χ1n) is 12.1. The molecule has 12 heteroatoms. The molecule has 5 rings (SSSR count). The quantitative estimate of drug-likeness (QED) is 0.319. The van der Waals surface area contributed by atoms with E-state index in [0.717, 1.165) is 43.0 Å². The number of imidazole rings is 1. The molecule has 2 N–H and O–H groups in total. The summed E-state index contributed by atoms with van der Waals surface area (Å²) in [7, 11) is 3.11. The lowest BCUT2D eigenvalue weighted by molar-refractivity contribution is -0.177. The van der Waals surface area contributed by atoms with Gasteiger partial charge in [0.15, 0.2) is 27.4 Å². The zero-order chi connectivity index (χ0) is 26.2. The Morgan fingerprint density at radius 2 is 1.92 bits per heavy atom. The molecule has 3 aromatic rings. The lowest BCUT2D eigenvalue weighted by Gasteiger charge is -2.42. The van der Waals surface area contributed by atoms with Gasteiger partial charge in [-0.05, 0) is 43.2 Å². The second kappa shape index (κ2) is 10.4. The van der Waals surface area contributed by atoms with Crippen LogP contribution < -0.4 is 15.0 Å². The number of ketones is 1. The molecule has 37 heavy (non-hydrogen) atoms. The van der Waals surface area contributed by atoms with Gasteiger partial charge in [0, 0.05) is 12.5 Å². The van der Waals surface area contributed by atoms with Gasteiger partial charge in [-0.1, -0.05) is 36.2 Å². The van der Waals surface area contributed by atoms with Crippen LogP contribution in [0.25, 0.3) is 11.2 Å². The van der Waals surface area contributed by atoms with E-state index in [-0.39, 0.29) is 40.0 Å². The van der Waals surface area contributed by atoms with Crippen molar-refractivity contribution in [1.82, 2.24) is 19.9 Å². The largest absolute Gasteiger partial charge is 0.496 e. The van der Waals surface area contributed by atoms with Crippen LogP contribution in [0.2, 0.25) is 5.02 Å². The SMILES string of the molecule is COc1cc(OC)c(CCC2(C3CCCC3)CC(=O)C(Sc3nc4nc[nH]c(=O)c4[nH]3)C(=O)O2)cc1Cl. The number of methoxy groups -OCH3 is 2. The lowest BCUT2D eigenvalue weighted by atomic mass is 9.76. The van der Waals surface area contributed by atoms with E-state index in [0.29, 0.717) is 29.4 Å². The van der Waals surface area contributed by atoms with Gasteiger partial charge in [-0.3, -0.25) is 14.4 Å². The third-order valence-electron chi connectivity index (χ3n) is 7.26. The van der Waals surface area contributed by atoms with Crippen molar-refractivity contribution in [3.05, 3.63) is 39.4 Å². The zero-order valence-electron chi connectivity index (χ0n) is 20.5. The van der Waals surface area contributed by atoms with Crippen molar-refractivity contribution in [2.24, 2.45) is 5.92 Å². The van der Waals surface area contributed by atoms with Gasteiger partial charge in [-0.15, -0.1) is 0 Å². The van der Waals surface area contributed by atoms with E-state index in [1.807, 2.05) is 0 Å². The fourth-order valence-electron chi connectivity index (χ4n) is 5.40. The summed E-state index contributed by atoms with van der Waals surface area (Å²) in [5, 5.41) is -0.347. The Hall–Kier alpha value is -3.05. The van der Waals surface area contributed by atoms with E-state index < -0.39 is 16.8 Å². The van der Waals surface area contributed by atoms with Crippen LogP contribution in [0.1, 0.15) is 44.1 Å². The van der Waals surface area contributed by atoms with Crippen LogP contribution in [0.3, 0.4) is 0 Å². The molecule has 196 valence electrons. The number of benzene rings is 1. The number of esters is 1. The highest BCUT2D eigenvalue weighted by atomic mass is 35.5. The smallest absolute Gasteiger partial charge is 0.327 e. The van der Waals surface area contributed by atoms with Crippen molar-refractivity contribution < 1.29 is 23.8 Å². The van der Waals surface area contributed by atoms with Gasteiger partial charge >= 0.3 is 5.97 Å². The third-order valence-corrected chi connectivity index (χ3v) is 8.66. The van der Waals surface area contributed by atoms with Crippen LogP contribution in [-0.4, -0.2) is 56.8 Å². The molecule has 1 aliphatic heterocycles. The molecule has 0 radical (unpaired) electrons.